The fourth-order valence-electron chi connectivity index (χ4n) is 2.51. The zero-order valence-corrected chi connectivity index (χ0v) is 15.5. The second-order valence-electron chi connectivity index (χ2n) is 5.51. The van der Waals surface area contributed by atoms with Crippen LogP contribution < -0.4 is 24.8 Å². The molecule has 0 aliphatic rings. The lowest BCUT2D eigenvalue weighted by molar-refractivity contribution is 0.342. The first-order valence-electron chi connectivity index (χ1n) is 8.54. The molecule has 0 spiro atoms. The van der Waals surface area contributed by atoms with E-state index >= 15 is 0 Å². The highest BCUT2D eigenvalue weighted by atomic mass is 16.5. The van der Waals surface area contributed by atoms with Gasteiger partial charge in [-0.15, -0.1) is 0 Å². The summed E-state index contributed by atoms with van der Waals surface area (Å²) in [5.74, 6) is 3.21. The Labute approximate surface area is 158 Å². The molecule has 0 atom stereocenters. The number of methoxy groups -OCH3 is 2. The minimum Gasteiger partial charge on any atom is -0.497 e. The van der Waals surface area contributed by atoms with Crippen LogP contribution in [0.1, 0.15) is 6.92 Å². The summed E-state index contributed by atoms with van der Waals surface area (Å²) in [5, 5.41) is 6.43. The highest BCUT2D eigenvalue weighted by Gasteiger charge is 2.09. The first-order valence-corrected chi connectivity index (χ1v) is 8.54. The molecule has 3 rings (SSSR count). The van der Waals surface area contributed by atoms with E-state index in [1.54, 1.807) is 26.5 Å². The first-order chi connectivity index (χ1) is 13.2. The second kappa shape index (κ2) is 8.75. The maximum absolute atomic E-state index is 5.64. The van der Waals surface area contributed by atoms with Crippen molar-refractivity contribution in [3.05, 3.63) is 54.7 Å². The fraction of sp³-hybridized carbons (Fsp3) is 0.200. The minimum absolute atomic E-state index is 0.431. The third-order valence-corrected chi connectivity index (χ3v) is 3.76. The molecule has 0 saturated carbocycles. The third-order valence-electron chi connectivity index (χ3n) is 3.76. The van der Waals surface area contributed by atoms with Gasteiger partial charge in [-0.05, 0) is 37.3 Å². The normalized spacial score (nSPS) is 10.2. The molecule has 0 unspecified atom stereocenters. The Hall–Kier alpha value is -3.48. The van der Waals surface area contributed by atoms with Gasteiger partial charge < -0.3 is 24.8 Å². The molecule has 140 valence electrons. The summed E-state index contributed by atoms with van der Waals surface area (Å²) in [5.41, 5.74) is 1.55. The molecular weight excluding hydrogens is 344 g/mol. The minimum atomic E-state index is 0.431. The van der Waals surface area contributed by atoms with E-state index in [-0.39, 0.29) is 0 Å². The van der Waals surface area contributed by atoms with Crippen LogP contribution in [0.25, 0.3) is 0 Å². The van der Waals surface area contributed by atoms with Crippen LogP contribution in [-0.4, -0.2) is 30.8 Å². The summed E-state index contributed by atoms with van der Waals surface area (Å²) in [7, 11) is 3.22. The van der Waals surface area contributed by atoms with Crippen LogP contribution in [0.2, 0.25) is 0 Å². The maximum Gasteiger partial charge on any atom is 0.229 e. The van der Waals surface area contributed by atoms with Crippen molar-refractivity contribution in [2.75, 3.05) is 31.5 Å². The Kier molecular flexibility index (Phi) is 5.94. The summed E-state index contributed by atoms with van der Waals surface area (Å²) in [6, 6.07) is 15.0. The molecule has 0 radical (unpaired) electrons. The highest BCUT2D eigenvalue weighted by Crippen LogP contribution is 2.31. The van der Waals surface area contributed by atoms with Crippen molar-refractivity contribution in [1.82, 2.24) is 9.97 Å². The molecule has 0 saturated heterocycles. The predicted molar refractivity (Wildman–Crippen MR) is 106 cm³/mol. The molecule has 0 bridgehead atoms. The van der Waals surface area contributed by atoms with Crippen LogP contribution in [-0.2, 0) is 0 Å². The van der Waals surface area contributed by atoms with Crippen LogP contribution in [0, 0.1) is 0 Å². The van der Waals surface area contributed by atoms with Crippen molar-refractivity contribution in [2.24, 2.45) is 0 Å². The zero-order valence-electron chi connectivity index (χ0n) is 15.5. The number of nitrogens with one attached hydrogen (secondary N) is 2. The number of ether oxygens (including phenoxy) is 3. The molecular formula is C20H22N4O3. The van der Waals surface area contributed by atoms with E-state index in [0.717, 1.165) is 11.4 Å². The van der Waals surface area contributed by atoms with Gasteiger partial charge in [0.25, 0.3) is 0 Å². The van der Waals surface area contributed by atoms with Crippen molar-refractivity contribution < 1.29 is 14.2 Å². The van der Waals surface area contributed by atoms with E-state index in [1.165, 1.54) is 0 Å². The first kappa shape index (κ1) is 18.3. The van der Waals surface area contributed by atoms with Gasteiger partial charge in [-0.25, -0.2) is 4.98 Å². The van der Waals surface area contributed by atoms with E-state index in [1.807, 2.05) is 49.4 Å². The molecule has 0 fully saturated rings. The van der Waals surface area contributed by atoms with Gasteiger partial charge in [0, 0.05) is 12.3 Å². The quantitative estimate of drug-likeness (QED) is 0.612. The fourth-order valence-corrected chi connectivity index (χ4v) is 2.51. The summed E-state index contributed by atoms with van der Waals surface area (Å²) < 4.78 is 16.3. The van der Waals surface area contributed by atoms with E-state index < -0.39 is 0 Å². The number of anilines is 4. The number of rotatable bonds is 8. The van der Waals surface area contributed by atoms with Crippen LogP contribution in [0.3, 0.4) is 0 Å². The van der Waals surface area contributed by atoms with Crippen molar-refractivity contribution in [3.8, 4) is 17.2 Å². The van der Waals surface area contributed by atoms with Gasteiger partial charge in [0.15, 0.2) is 0 Å². The molecule has 0 amide bonds. The monoisotopic (exact) mass is 366 g/mol. The Balaban J connectivity index is 1.83. The topological polar surface area (TPSA) is 77.5 Å². The predicted octanol–water partition coefficient (Wildman–Crippen LogP) is 4.38. The van der Waals surface area contributed by atoms with Crippen molar-refractivity contribution in [1.29, 1.82) is 0 Å². The van der Waals surface area contributed by atoms with Gasteiger partial charge >= 0.3 is 0 Å². The van der Waals surface area contributed by atoms with Crippen LogP contribution in [0.5, 0.6) is 17.2 Å². The molecule has 7 nitrogen and oxygen atoms in total. The molecule has 27 heavy (non-hydrogen) atoms. The van der Waals surface area contributed by atoms with E-state index in [4.69, 9.17) is 14.2 Å². The van der Waals surface area contributed by atoms with Gasteiger partial charge in [-0.1, -0.05) is 12.1 Å². The summed E-state index contributed by atoms with van der Waals surface area (Å²) in [6.07, 6.45) is 1.67. The number of nitrogens with zero attached hydrogens (tertiary/aromatic N) is 2. The van der Waals surface area contributed by atoms with Gasteiger partial charge in [0.1, 0.15) is 23.1 Å². The smallest absolute Gasteiger partial charge is 0.229 e. The molecule has 0 aliphatic carbocycles. The Morgan fingerprint density at radius 1 is 0.889 bits per heavy atom. The van der Waals surface area contributed by atoms with E-state index in [9.17, 15) is 0 Å². The van der Waals surface area contributed by atoms with Crippen molar-refractivity contribution in [2.45, 2.75) is 6.92 Å². The Morgan fingerprint density at radius 3 is 2.52 bits per heavy atom. The molecule has 0 aliphatic heterocycles. The van der Waals surface area contributed by atoms with Crippen LogP contribution in [0.15, 0.2) is 54.7 Å². The number of hydrogen-bond acceptors (Lipinski definition) is 7. The van der Waals surface area contributed by atoms with Gasteiger partial charge in [-0.2, -0.15) is 4.98 Å². The second-order valence-corrected chi connectivity index (χ2v) is 5.51. The summed E-state index contributed by atoms with van der Waals surface area (Å²) in [4.78, 5) is 8.79. The molecule has 2 N–H and O–H groups in total. The summed E-state index contributed by atoms with van der Waals surface area (Å²) in [6.45, 7) is 2.54. The average molecular weight is 366 g/mol. The van der Waals surface area contributed by atoms with Crippen molar-refractivity contribution >= 4 is 23.1 Å². The largest absolute Gasteiger partial charge is 0.497 e. The highest BCUT2D eigenvalue weighted by molar-refractivity contribution is 5.67. The SMILES string of the molecule is CCOc1ccccc1Nc1ccnc(Nc2cc(OC)ccc2OC)n1. The van der Waals surface area contributed by atoms with Gasteiger partial charge in [0.2, 0.25) is 5.95 Å². The standard InChI is InChI=1S/C20H22N4O3/c1-4-27-18-8-6-5-7-15(18)22-19-11-12-21-20(24-19)23-16-13-14(25-2)9-10-17(16)26-3/h5-13H,4H2,1-3H3,(H2,21,22,23,24). The molecule has 3 aromatic rings. The van der Waals surface area contributed by atoms with Crippen LogP contribution in [0.4, 0.5) is 23.1 Å². The number of hydrogen-bond donors (Lipinski definition) is 2. The molecule has 2 aromatic carbocycles. The number of aromatic nitrogens is 2. The van der Waals surface area contributed by atoms with E-state index in [0.29, 0.717) is 35.6 Å². The maximum atomic E-state index is 5.64. The van der Waals surface area contributed by atoms with Gasteiger partial charge in [-0.3, -0.25) is 0 Å². The van der Waals surface area contributed by atoms with Crippen LogP contribution >= 0.6 is 0 Å². The molecule has 1 heterocycles. The summed E-state index contributed by atoms with van der Waals surface area (Å²) >= 11 is 0. The van der Waals surface area contributed by atoms with E-state index in [2.05, 4.69) is 20.6 Å². The number of para-hydroxylation sites is 2. The average Bonchev–Trinajstić information content (AvgIpc) is 2.70. The lowest BCUT2D eigenvalue weighted by Gasteiger charge is -2.14. The Bertz CT molecular complexity index is 902. The Morgan fingerprint density at radius 2 is 1.74 bits per heavy atom. The number of benzene rings is 2. The lowest BCUT2D eigenvalue weighted by atomic mass is 10.2. The molecule has 1 aromatic heterocycles. The van der Waals surface area contributed by atoms with Gasteiger partial charge in [0.05, 0.1) is 32.2 Å². The third kappa shape index (κ3) is 4.58. The molecule has 7 heteroatoms. The lowest BCUT2D eigenvalue weighted by Crippen LogP contribution is -2.03. The zero-order chi connectivity index (χ0) is 19.1. The van der Waals surface area contributed by atoms with Crippen molar-refractivity contribution in [3.63, 3.8) is 0 Å².